The Labute approximate surface area is 135 Å². The van der Waals surface area contributed by atoms with Crippen molar-refractivity contribution in [3.63, 3.8) is 0 Å². The first-order chi connectivity index (χ1) is 11.3. The highest BCUT2D eigenvalue weighted by atomic mass is 16.6. The van der Waals surface area contributed by atoms with Crippen LogP contribution >= 0.6 is 0 Å². The van der Waals surface area contributed by atoms with Crippen molar-refractivity contribution >= 4 is 11.6 Å². The first-order valence-electron chi connectivity index (χ1n) is 8.08. The fraction of sp³-hybridized carbons (Fsp3) is 0.316. The number of amides is 1. The lowest BCUT2D eigenvalue weighted by Gasteiger charge is -2.29. The normalized spacial score (nSPS) is 15.9. The quantitative estimate of drug-likeness (QED) is 0.856. The van der Waals surface area contributed by atoms with Gasteiger partial charge in [-0.1, -0.05) is 24.3 Å². The summed E-state index contributed by atoms with van der Waals surface area (Å²) in [6, 6.07) is 13.9. The third-order valence-corrected chi connectivity index (χ3v) is 4.37. The van der Waals surface area contributed by atoms with Crippen molar-refractivity contribution in [2.75, 3.05) is 24.7 Å². The van der Waals surface area contributed by atoms with Gasteiger partial charge < -0.3 is 14.4 Å². The minimum absolute atomic E-state index is 0.133. The van der Waals surface area contributed by atoms with E-state index in [1.54, 1.807) is 0 Å². The molecule has 2 heterocycles. The van der Waals surface area contributed by atoms with Gasteiger partial charge in [-0.3, -0.25) is 4.79 Å². The number of benzene rings is 2. The number of rotatable bonds is 2. The van der Waals surface area contributed by atoms with Gasteiger partial charge in [-0.05, 0) is 42.2 Å². The number of nitrogens with zero attached hydrogens (tertiary/aromatic N) is 1. The molecule has 0 spiro atoms. The SMILES string of the molecule is O=C(Cc1ccc2c(c1)OCCO2)N1CCCc2ccccc21. The van der Waals surface area contributed by atoms with Crippen LogP contribution in [-0.2, 0) is 17.6 Å². The molecular weight excluding hydrogens is 290 g/mol. The molecule has 4 heteroatoms. The molecule has 0 saturated heterocycles. The zero-order valence-electron chi connectivity index (χ0n) is 13.0. The molecule has 0 N–H and O–H groups in total. The number of hydrogen-bond donors (Lipinski definition) is 0. The Kier molecular flexibility index (Phi) is 3.66. The van der Waals surface area contributed by atoms with Crippen LogP contribution in [0.5, 0.6) is 11.5 Å². The standard InChI is InChI=1S/C19H19NO3/c21-19(20-9-3-5-15-4-1-2-6-16(15)20)13-14-7-8-17-18(12-14)23-11-10-22-17/h1-2,4,6-8,12H,3,5,9-11,13H2. The predicted molar refractivity (Wildman–Crippen MR) is 88.3 cm³/mol. The minimum atomic E-state index is 0.133. The molecule has 4 rings (SSSR count). The third kappa shape index (κ3) is 2.77. The van der Waals surface area contributed by atoms with Gasteiger partial charge in [0.25, 0.3) is 0 Å². The van der Waals surface area contributed by atoms with E-state index >= 15 is 0 Å². The monoisotopic (exact) mass is 309 g/mol. The molecular formula is C19H19NO3. The van der Waals surface area contributed by atoms with Gasteiger partial charge in [0.2, 0.25) is 5.91 Å². The molecule has 0 aromatic heterocycles. The molecule has 0 aliphatic carbocycles. The maximum atomic E-state index is 12.8. The average Bonchev–Trinajstić information content (AvgIpc) is 2.61. The van der Waals surface area contributed by atoms with E-state index < -0.39 is 0 Å². The van der Waals surface area contributed by atoms with E-state index in [-0.39, 0.29) is 5.91 Å². The van der Waals surface area contributed by atoms with Crippen molar-refractivity contribution in [3.8, 4) is 11.5 Å². The van der Waals surface area contributed by atoms with E-state index in [4.69, 9.17) is 9.47 Å². The van der Waals surface area contributed by atoms with Crippen LogP contribution in [-0.4, -0.2) is 25.7 Å². The highest BCUT2D eigenvalue weighted by Crippen LogP contribution is 2.32. The topological polar surface area (TPSA) is 38.8 Å². The Hall–Kier alpha value is -2.49. The van der Waals surface area contributed by atoms with Crippen LogP contribution in [0.3, 0.4) is 0 Å². The van der Waals surface area contributed by atoms with E-state index in [9.17, 15) is 4.79 Å². The Bertz CT molecular complexity index is 741. The second kappa shape index (κ2) is 5.95. The number of hydrogen-bond acceptors (Lipinski definition) is 3. The summed E-state index contributed by atoms with van der Waals surface area (Å²) < 4.78 is 11.1. The first kappa shape index (κ1) is 14.1. The second-order valence-electron chi connectivity index (χ2n) is 5.93. The van der Waals surface area contributed by atoms with Gasteiger partial charge in [0, 0.05) is 12.2 Å². The summed E-state index contributed by atoms with van der Waals surface area (Å²) in [5, 5.41) is 0. The lowest BCUT2D eigenvalue weighted by atomic mass is 10.0. The molecule has 2 aliphatic heterocycles. The van der Waals surface area contributed by atoms with Gasteiger partial charge in [0.1, 0.15) is 13.2 Å². The molecule has 1 amide bonds. The Morgan fingerprint density at radius 1 is 1.04 bits per heavy atom. The van der Waals surface area contributed by atoms with Gasteiger partial charge in [0.05, 0.1) is 6.42 Å². The first-order valence-corrected chi connectivity index (χ1v) is 8.08. The van der Waals surface area contributed by atoms with Crippen molar-refractivity contribution in [1.82, 2.24) is 0 Å². The van der Waals surface area contributed by atoms with Gasteiger partial charge in [-0.15, -0.1) is 0 Å². The highest BCUT2D eigenvalue weighted by Gasteiger charge is 2.22. The van der Waals surface area contributed by atoms with Gasteiger partial charge in [-0.2, -0.15) is 0 Å². The van der Waals surface area contributed by atoms with Crippen molar-refractivity contribution < 1.29 is 14.3 Å². The van der Waals surface area contributed by atoms with Crippen LogP contribution in [0.15, 0.2) is 42.5 Å². The number of ether oxygens (including phenoxy) is 2. The molecule has 0 radical (unpaired) electrons. The Morgan fingerprint density at radius 3 is 2.78 bits per heavy atom. The van der Waals surface area contributed by atoms with Crippen molar-refractivity contribution in [2.24, 2.45) is 0 Å². The summed E-state index contributed by atoms with van der Waals surface area (Å²) in [6.45, 7) is 1.93. The molecule has 0 unspecified atom stereocenters. The molecule has 2 aliphatic rings. The van der Waals surface area contributed by atoms with E-state index in [1.165, 1.54) is 5.56 Å². The summed E-state index contributed by atoms with van der Waals surface area (Å²) in [5.74, 6) is 1.63. The Balaban J connectivity index is 1.55. The lowest BCUT2D eigenvalue weighted by Crippen LogP contribution is -2.36. The zero-order chi connectivity index (χ0) is 15.6. The van der Waals surface area contributed by atoms with E-state index in [1.807, 2.05) is 41.3 Å². The van der Waals surface area contributed by atoms with Crippen molar-refractivity contribution in [2.45, 2.75) is 19.3 Å². The number of carbonyl (C=O) groups excluding carboxylic acids is 1. The van der Waals surface area contributed by atoms with E-state index in [0.717, 1.165) is 42.1 Å². The van der Waals surface area contributed by atoms with Crippen molar-refractivity contribution in [1.29, 1.82) is 0 Å². The fourth-order valence-electron chi connectivity index (χ4n) is 3.26. The summed E-state index contributed by atoms with van der Waals surface area (Å²) in [5.41, 5.74) is 3.28. The van der Waals surface area contributed by atoms with Crippen LogP contribution in [0.2, 0.25) is 0 Å². The summed E-state index contributed by atoms with van der Waals surface area (Å²) in [7, 11) is 0. The molecule has 2 aromatic carbocycles. The molecule has 118 valence electrons. The predicted octanol–water partition coefficient (Wildman–Crippen LogP) is 2.98. The molecule has 4 nitrogen and oxygen atoms in total. The van der Waals surface area contributed by atoms with Crippen LogP contribution in [0.4, 0.5) is 5.69 Å². The van der Waals surface area contributed by atoms with Crippen LogP contribution in [0.1, 0.15) is 17.5 Å². The lowest BCUT2D eigenvalue weighted by molar-refractivity contribution is -0.118. The van der Waals surface area contributed by atoms with Gasteiger partial charge in [-0.25, -0.2) is 0 Å². The average molecular weight is 309 g/mol. The number of para-hydroxylation sites is 1. The Morgan fingerprint density at radius 2 is 1.87 bits per heavy atom. The number of carbonyl (C=O) groups is 1. The molecule has 0 atom stereocenters. The maximum absolute atomic E-state index is 12.8. The molecule has 0 bridgehead atoms. The largest absolute Gasteiger partial charge is 0.486 e. The second-order valence-corrected chi connectivity index (χ2v) is 5.93. The van der Waals surface area contributed by atoms with E-state index in [0.29, 0.717) is 19.6 Å². The number of anilines is 1. The minimum Gasteiger partial charge on any atom is -0.486 e. The van der Waals surface area contributed by atoms with Gasteiger partial charge in [0.15, 0.2) is 11.5 Å². The molecule has 2 aromatic rings. The number of aryl methyl sites for hydroxylation is 1. The smallest absolute Gasteiger partial charge is 0.231 e. The maximum Gasteiger partial charge on any atom is 0.231 e. The summed E-state index contributed by atoms with van der Waals surface area (Å²) in [6.07, 6.45) is 2.44. The third-order valence-electron chi connectivity index (χ3n) is 4.37. The van der Waals surface area contributed by atoms with Gasteiger partial charge >= 0.3 is 0 Å². The summed E-state index contributed by atoms with van der Waals surface area (Å²) in [4.78, 5) is 14.7. The van der Waals surface area contributed by atoms with Crippen molar-refractivity contribution in [3.05, 3.63) is 53.6 Å². The number of fused-ring (bicyclic) bond motifs is 2. The van der Waals surface area contributed by atoms with Crippen LogP contribution < -0.4 is 14.4 Å². The van der Waals surface area contributed by atoms with E-state index in [2.05, 4.69) is 6.07 Å². The fourth-order valence-corrected chi connectivity index (χ4v) is 3.26. The summed E-state index contributed by atoms with van der Waals surface area (Å²) >= 11 is 0. The van der Waals surface area contributed by atoms with Crippen LogP contribution in [0.25, 0.3) is 0 Å². The molecule has 0 fully saturated rings. The molecule has 0 saturated carbocycles. The van der Waals surface area contributed by atoms with Crippen LogP contribution in [0, 0.1) is 0 Å². The molecule has 23 heavy (non-hydrogen) atoms. The highest BCUT2D eigenvalue weighted by molar-refractivity contribution is 5.96. The zero-order valence-corrected chi connectivity index (χ0v) is 13.0.